The average molecular weight is 1740 g/mol. The molecule has 2 aromatic heterocycles. The third-order valence-corrected chi connectivity index (χ3v) is 17.2. The molecule has 54 nitrogen and oxygen atoms in total. The number of rotatable bonds is 58. The molecule has 2 aromatic rings. The van der Waals surface area contributed by atoms with E-state index in [0.29, 0.717) is 6.42 Å². The normalized spacial score (nSPS) is 15.1. The van der Waals surface area contributed by atoms with Crippen LogP contribution in [0, 0.1) is 0 Å². The van der Waals surface area contributed by atoms with Crippen molar-refractivity contribution in [1.29, 1.82) is 0 Å². The number of H-pyrrole nitrogens is 2. The highest BCUT2D eigenvalue weighted by Crippen LogP contribution is 2.11. The Morgan fingerprint density at radius 3 is 1.07 bits per heavy atom. The standard InChI is InChI=1S/C68H104N22O32/c1-28(70)54(107)84-41(18-50(103)104)62(115)81-36(10-13-48(99)100)58(111)77-29(2)55(108)73-22-45(95)79-43(24-91)64(117)82-37(11-14-49(101)102)59(112)78-30(3)56(109)85-42(19-51(105)106)63(116)86-39(16-33-20-71-26-75-33)60(113)80-35(9-12-47(97)98)57(110)74-23-46(96)89-52(31(4)93)66(119)87-40(17-34-21-72-27-76-34)61(114)88-44(25-92)65(118)90-53(32(5)94)67(120)83-38(68(121)122)8-6-7-15-69/h20-21,26-32,35-44,52-53,91-94H,6-19,22-25,69-70H2,1-5H3,(H,71,75)(H,72,76)(H,73,108)(H,74,110)(H,77,111)(H,78,112)(H,79,95)(H,80,113)(H,81,115)(H,82,117)(H,83,120)(H,84,107)(H,85,109)(H,86,116)(H,87,119)(H,88,114)(H,89,96)(H,90,118)(H,97,98)(H,99,100)(H,101,102)(H,103,104)(H,105,106)(H,121,122)/t28-,29-,30-,31+,32+,35-,36-,37-,38-,39-,40-,41-,42-,43-,44-,52-,53-/m0/s1. The Labute approximate surface area is 691 Å². The lowest BCUT2D eigenvalue weighted by Crippen LogP contribution is -2.62. The van der Waals surface area contributed by atoms with Crippen molar-refractivity contribution in [3.8, 4) is 0 Å². The molecule has 2 rings (SSSR count). The van der Waals surface area contributed by atoms with Crippen molar-refractivity contribution in [2.45, 2.75) is 221 Å². The van der Waals surface area contributed by atoms with Gasteiger partial charge in [0.1, 0.15) is 84.6 Å². The van der Waals surface area contributed by atoms with Crippen LogP contribution in [0.25, 0.3) is 0 Å². The molecule has 0 aliphatic rings. The van der Waals surface area contributed by atoms with Crippen LogP contribution in [0.4, 0.5) is 0 Å². The summed E-state index contributed by atoms with van der Waals surface area (Å²) in [6, 6.07) is -27.3. The molecule has 0 saturated carbocycles. The first-order valence-electron chi connectivity index (χ1n) is 37.3. The number of carboxylic acids is 6. The van der Waals surface area contributed by atoms with Crippen LogP contribution in [-0.2, 0) is 118 Å². The van der Waals surface area contributed by atoms with Gasteiger partial charge in [-0.2, -0.15) is 0 Å². The number of aliphatic carboxylic acids is 6. The molecule has 0 fully saturated rings. The quantitative estimate of drug-likeness (QED) is 0.0274. The summed E-state index contributed by atoms with van der Waals surface area (Å²) in [6.07, 6.45) is -6.22. The van der Waals surface area contributed by atoms with Crippen molar-refractivity contribution in [3.05, 3.63) is 36.4 Å². The molecule has 678 valence electrons. The Morgan fingerprint density at radius 1 is 0.352 bits per heavy atom. The minimum Gasteiger partial charge on any atom is -0.481 e. The maximum atomic E-state index is 14.2. The molecular formula is C68H104N22O32. The summed E-state index contributed by atoms with van der Waals surface area (Å²) >= 11 is 0. The molecule has 2 heterocycles. The second-order valence-corrected chi connectivity index (χ2v) is 27.4. The zero-order valence-corrected chi connectivity index (χ0v) is 66.4. The van der Waals surface area contributed by atoms with Crippen LogP contribution in [0.3, 0.4) is 0 Å². The first-order valence-corrected chi connectivity index (χ1v) is 37.3. The molecule has 0 unspecified atom stereocenters. The molecule has 17 atom stereocenters. The zero-order valence-electron chi connectivity index (χ0n) is 66.4. The molecule has 0 spiro atoms. The summed E-state index contributed by atoms with van der Waals surface area (Å²) in [5.41, 5.74) is 11.0. The molecule has 0 bridgehead atoms. The van der Waals surface area contributed by atoms with Gasteiger partial charge in [0, 0.05) is 44.5 Å². The Hall–Kier alpha value is -13.5. The van der Waals surface area contributed by atoms with E-state index in [1.54, 1.807) is 0 Å². The Balaban J connectivity index is 2.29. The number of carbonyl (C=O) groups excluding carboxylic acids is 16. The summed E-state index contributed by atoms with van der Waals surface area (Å²) < 4.78 is 0. The van der Waals surface area contributed by atoms with Gasteiger partial charge >= 0.3 is 35.8 Å². The zero-order chi connectivity index (χ0) is 92.4. The second-order valence-electron chi connectivity index (χ2n) is 27.4. The number of nitrogens with two attached hydrogens (primary N) is 2. The number of hydrogen-bond donors (Lipinski definition) is 30. The number of carbonyl (C=O) groups is 22. The summed E-state index contributed by atoms with van der Waals surface area (Å²) in [4.78, 5) is 299. The van der Waals surface area contributed by atoms with Crippen LogP contribution in [0.1, 0.15) is 117 Å². The molecule has 0 saturated heterocycles. The molecular weight excluding hydrogens is 1640 g/mol. The topological polar surface area (TPSA) is 880 Å². The Morgan fingerprint density at radius 2 is 0.680 bits per heavy atom. The van der Waals surface area contributed by atoms with E-state index in [9.17, 15) is 157 Å². The lowest BCUT2D eigenvalue weighted by Gasteiger charge is -2.27. The molecule has 0 aliphatic carbocycles. The number of imidazole rings is 2. The van der Waals surface area contributed by atoms with Crippen LogP contribution in [-0.4, -0.2) is 337 Å². The van der Waals surface area contributed by atoms with E-state index in [1.165, 1.54) is 25.6 Å². The minimum atomic E-state index is -2.18. The van der Waals surface area contributed by atoms with Gasteiger partial charge in [0.05, 0.1) is 81.4 Å². The number of aliphatic hydroxyl groups is 4. The summed E-state index contributed by atoms with van der Waals surface area (Å²) in [5.74, 6) is -29.6. The van der Waals surface area contributed by atoms with Crippen molar-refractivity contribution in [2.24, 2.45) is 11.5 Å². The average Bonchev–Trinajstić information content (AvgIpc) is 1.29. The maximum absolute atomic E-state index is 14.2. The van der Waals surface area contributed by atoms with Gasteiger partial charge in [-0.3, -0.25) is 101 Å². The van der Waals surface area contributed by atoms with Crippen molar-refractivity contribution in [1.82, 2.24) is 105 Å². The second kappa shape index (κ2) is 53.1. The van der Waals surface area contributed by atoms with Crippen molar-refractivity contribution in [2.75, 3.05) is 32.8 Å². The number of aliphatic hydroxyl groups excluding tert-OH is 4. The Bertz CT molecular complexity index is 4000. The van der Waals surface area contributed by atoms with E-state index in [-0.39, 0.29) is 30.8 Å². The molecule has 0 aliphatic heterocycles. The van der Waals surface area contributed by atoms with Crippen LogP contribution in [0.2, 0.25) is 0 Å². The van der Waals surface area contributed by atoms with Gasteiger partial charge in [-0.1, -0.05) is 0 Å². The largest absolute Gasteiger partial charge is 0.481 e. The fourth-order valence-corrected chi connectivity index (χ4v) is 10.5. The predicted molar refractivity (Wildman–Crippen MR) is 406 cm³/mol. The highest BCUT2D eigenvalue weighted by molar-refractivity contribution is 6.01. The fourth-order valence-electron chi connectivity index (χ4n) is 10.5. The van der Waals surface area contributed by atoms with E-state index in [4.69, 9.17) is 11.5 Å². The number of aromatic amines is 2. The van der Waals surface area contributed by atoms with E-state index in [0.717, 1.165) is 34.0 Å². The van der Waals surface area contributed by atoms with Crippen LogP contribution < -0.4 is 96.5 Å². The molecule has 0 aromatic carbocycles. The van der Waals surface area contributed by atoms with Crippen molar-refractivity contribution >= 4 is 130 Å². The van der Waals surface area contributed by atoms with Crippen molar-refractivity contribution < 1.29 is 157 Å². The first kappa shape index (κ1) is 105. The molecule has 122 heavy (non-hydrogen) atoms. The van der Waals surface area contributed by atoms with Gasteiger partial charge in [0.25, 0.3) is 0 Å². The van der Waals surface area contributed by atoms with Crippen LogP contribution >= 0.6 is 0 Å². The Kier molecular flexibility index (Phi) is 45.6. The highest BCUT2D eigenvalue weighted by Gasteiger charge is 2.39. The van der Waals surface area contributed by atoms with Crippen LogP contribution in [0.15, 0.2) is 25.0 Å². The number of aromatic nitrogens is 4. The van der Waals surface area contributed by atoms with E-state index >= 15 is 0 Å². The van der Waals surface area contributed by atoms with Gasteiger partial charge in [0.15, 0.2) is 0 Å². The van der Waals surface area contributed by atoms with Crippen molar-refractivity contribution in [3.63, 3.8) is 0 Å². The van der Waals surface area contributed by atoms with Gasteiger partial charge in [0.2, 0.25) is 94.5 Å². The van der Waals surface area contributed by atoms with E-state index < -0.39 is 324 Å². The maximum Gasteiger partial charge on any atom is 0.326 e. The summed E-state index contributed by atoms with van der Waals surface area (Å²) in [6.45, 7) is 0.930. The predicted octanol–water partition coefficient (Wildman–Crippen LogP) is -14.2. The first-order chi connectivity index (χ1) is 57.2. The number of hydrogen-bond acceptors (Lipinski definition) is 30. The third-order valence-electron chi connectivity index (χ3n) is 17.2. The van der Waals surface area contributed by atoms with Gasteiger partial charge in [-0.25, -0.2) is 14.8 Å². The molecule has 32 N–H and O–H groups in total. The summed E-state index contributed by atoms with van der Waals surface area (Å²) in [5, 5.41) is 133. The van der Waals surface area contributed by atoms with Crippen LogP contribution in [0.5, 0.6) is 0 Å². The smallest absolute Gasteiger partial charge is 0.326 e. The number of amides is 16. The number of unbranched alkanes of at least 4 members (excludes halogenated alkanes) is 1. The summed E-state index contributed by atoms with van der Waals surface area (Å²) in [7, 11) is 0. The minimum absolute atomic E-state index is 0.00548. The number of carboxylic acid groups (broad SMARTS) is 6. The molecule has 16 amide bonds. The monoisotopic (exact) mass is 1740 g/mol. The van der Waals surface area contributed by atoms with Gasteiger partial charge in [-0.05, 0) is 79.7 Å². The fraction of sp³-hybridized carbons (Fsp3) is 0.588. The number of nitrogens with zero attached hydrogens (tertiary/aromatic N) is 2. The third kappa shape index (κ3) is 38.9. The highest BCUT2D eigenvalue weighted by atomic mass is 16.4. The molecule has 0 radical (unpaired) electrons. The molecule has 54 heteroatoms. The van der Waals surface area contributed by atoms with Gasteiger partial charge in [-0.15, -0.1) is 0 Å². The lowest BCUT2D eigenvalue weighted by molar-refractivity contribution is -0.143. The van der Waals surface area contributed by atoms with E-state index in [1.807, 2.05) is 5.32 Å². The van der Waals surface area contributed by atoms with Gasteiger partial charge < -0.3 is 158 Å². The lowest BCUT2D eigenvalue weighted by atomic mass is 10.1. The SMILES string of the molecule is C[C@H](N)C(=O)N[C@@H](CC(=O)O)C(=O)N[C@@H](CCC(=O)O)C(=O)N[C@@H](C)C(=O)NCC(=O)N[C@@H](CO)C(=O)N[C@@H](CCC(=O)O)C(=O)N[C@@H](C)C(=O)N[C@@H](CC(=O)O)C(=O)N[C@@H](Cc1c[nH]cn1)C(=O)N[C@@H](CCC(=O)O)C(=O)NCC(=O)N[C@H](C(=O)N[C@@H](Cc1c[nH]cn1)C(=O)N[C@@H](CO)C(=O)N[C@H](C(=O)N[C@@H](CCCCN)C(=O)O)[C@@H](C)O)[C@@H](C)O. The number of nitrogens with one attached hydrogen (secondary N) is 18. The van der Waals surface area contributed by atoms with E-state index in [2.05, 4.69) is 99.7 Å².